The maximum Gasteiger partial charge on any atom is 0.407 e. The van der Waals surface area contributed by atoms with Crippen LogP contribution in [0.5, 0.6) is 0 Å². The molecule has 0 spiro atoms. The zero-order chi connectivity index (χ0) is 28.1. The van der Waals surface area contributed by atoms with E-state index < -0.39 is 17.8 Å². The highest BCUT2D eigenvalue weighted by Gasteiger charge is 2.15. The molecule has 1 amide bonds. The lowest BCUT2D eigenvalue weighted by Crippen LogP contribution is -2.34. The molecule has 1 aromatic carbocycles. The summed E-state index contributed by atoms with van der Waals surface area (Å²) in [6.07, 6.45) is 11.0. The van der Waals surface area contributed by atoms with Gasteiger partial charge in [-0.3, -0.25) is 0 Å². The van der Waals surface area contributed by atoms with E-state index in [0.29, 0.717) is 13.0 Å². The molecule has 5 heteroatoms. The van der Waals surface area contributed by atoms with Crippen LogP contribution in [0.2, 0.25) is 0 Å². The topological polar surface area (TPSA) is 84.6 Å². The van der Waals surface area contributed by atoms with Crippen molar-refractivity contribution < 1.29 is 14.6 Å². The molecule has 1 aliphatic rings. The lowest BCUT2D eigenvalue weighted by Gasteiger charge is -2.19. The summed E-state index contributed by atoms with van der Waals surface area (Å²) in [5, 5.41) is 11.6. The van der Waals surface area contributed by atoms with Gasteiger partial charge in [0.15, 0.2) is 0 Å². The first-order valence-corrected chi connectivity index (χ1v) is 13.0. The lowest BCUT2D eigenvalue weighted by molar-refractivity contribution is 0.0519. The van der Waals surface area contributed by atoms with Gasteiger partial charge in [-0.05, 0) is 47.5 Å². The third kappa shape index (κ3) is 36.4. The van der Waals surface area contributed by atoms with Crippen LogP contribution in [0.1, 0.15) is 87.6 Å². The van der Waals surface area contributed by atoms with Crippen molar-refractivity contribution in [2.45, 2.75) is 101 Å². The highest BCUT2D eigenvalue weighted by atomic mass is 16.6. The van der Waals surface area contributed by atoms with E-state index in [4.69, 9.17) is 15.6 Å². The molecule has 0 fully saturated rings. The second-order valence-corrected chi connectivity index (χ2v) is 7.79. The minimum absolute atomic E-state index is 0.204. The third-order valence-corrected chi connectivity index (χ3v) is 3.54. The van der Waals surface area contributed by atoms with Gasteiger partial charge in [-0.2, -0.15) is 0 Å². The molecule has 2 rings (SSSR count). The number of hydrogen-bond acceptors (Lipinski definition) is 4. The number of aliphatic hydroxyl groups is 1. The summed E-state index contributed by atoms with van der Waals surface area (Å²) in [5.41, 5.74) is 7.45. The van der Waals surface area contributed by atoms with E-state index in [1.165, 1.54) is 11.1 Å². The molecule has 0 saturated heterocycles. The SMILES string of the molecule is CC.CC.CC.CC(C)(C)OC(=O)NCCC(O)CN.CC1=CC=CC=CC1.Cc1ccccc1. The number of carbonyl (C=O) groups is 1. The van der Waals surface area contributed by atoms with Gasteiger partial charge >= 0.3 is 6.09 Å². The van der Waals surface area contributed by atoms with E-state index >= 15 is 0 Å². The monoisotopic (exact) mass is 492 g/mol. The summed E-state index contributed by atoms with van der Waals surface area (Å²) in [6, 6.07) is 10.3. The van der Waals surface area contributed by atoms with Gasteiger partial charge in [-0.1, -0.05) is 113 Å². The summed E-state index contributed by atoms with van der Waals surface area (Å²) in [4.78, 5) is 11.1. The molecule has 0 bridgehead atoms. The number of benzene rings is 1. The fourth-order valence-corrected chi connectivity index (χ4v) is 1.99. The molecule has 1 unspecified atom stereocenters. The molecule has 0 aromatic heterocycles. The van der Waals surface area contributed by atoms with E-state index in [9.17, 15) is 4.79 Å². The fraction of sp³-hybridized carbons (Fsp3) is 0.567. The number of amides is 1. The Kier molecular flexibility index (Phi) is 33.8. The Morgan fingerprint density at radius 3 is 1.97 bits per heavy atom. The Labute approximate surface area is 217 Å². The van der Waals surface area contributed by atoms with Crippen molar-refractivity contribution in [3.63, 3.8) is 0 Å². The van der Waals surface area contributed by atoms with Gasteiger partial charge in [-0.15, -0.1) is 0 Å². The van der Waals surface area contributed by atoms with Crippen molar-refractivity contribution in [1.82, 2.24) is 5.32 Å². The van der Waals surface area contributed by atoms with Crippen LogP contribution >= 0.6 is 0 Å². The lowest BCUT2D eigenvalue weighted by atomic mass is 10.2. The summed E-state index contributed by atoms with van der Waals surface area (Å²) < 4.78 is 4.99. The largest absolute Gasteiger partial charge is 0.444 e. The van der Waals surface area contributed by atoms with Crippen LogP contribution in [-0.4, -0.2) is 36.0 Å². The zero-order valence-corrected chi connectivity index (χ0v) is 24.5. The standard InChI is InChI=1S/C9H20N2O3.C8H10.C7H8.3C2H6/c1-9(2,3)14-8(13)11-5-4-7(12)6-10;1-8-6-4-2-3-5-7-8;1-7-5-3-2-4-6-7;3*1-2/h7,12H,4-6,10H2,1-3H3,(H,11,13);2-6H,7H2,1H3;2-6H,1H3;3*1-2H3. The number of allylic oxidation sites excluding steroid dienone is 6. The number of aryl methyl sites for hydroxylation is 1. The average Bonchev–Trinajstić information content (AvgIpc) is 3.10. The molecule has 4 N–H and O–H groups in total. The van der Waals surface area contributed by atoms with Gasteiger partial charge in [0.05, 0.1) is 6.10 Å². The van der Waals surface area contributed by atoms with Crippen molar-refractivity contribution in [2.24, 2.45) is 5.73 Å². The molecule has 204 valence electrons. The smallest absolute Gasteiger partial charge is 0.407 e. The number of nitrogens with two attached hydrogens (primary N) is 1. The van der Waals surface area contributed by atoms with E-state index in [0.717, 1.165) is 6.42 Å². The molecule has 0 radical (unpaired) electrons. The van der Waals surface area contributed by atoms with Crippen LogP contribution < -0.4 is 11.1 Å². The average molecular weight is 493 g/mol. The predicted molar refractivity (Wildman–Crippen MR) is 156 cm³/mol. The van der Waals surface area contributed by atoms with E-state index in [2.05, 4.69) is 61.7 Å². The molecular formula is C30H56N2O3. The highest BCUT2D eigenvalue weighted by Crippen LogP contribution is 2.06. The van der Waals surface area contributed by atoms with E-state index in [1.54, 1.807) is 20.8 Å². The Morgan fingerprint density at radius 2 is 1.54 bits per heavy atom. The molecule has 35 heavy (non-hydrogen) atoms. The first kappa shape index (κ1) is 39.8. The van der Waals surface area contributed by atoms with Crippen LogP contribution in [0, 0.1) is 6.92 Å². The van der Waals surface area contributed by atoms with Gasteiger partial charge in [0.25, 0.3) is 0 Å². The van der Waals surface area contributed by atoms with Gasteiger partial charge < -0.3 is 20.9 Å². The first-order chi connectivity index (χ1) is 16.6. The van der Waals surface area contributed by atoms with Gasteiger partial charge in [0.1, 0.15) is 5.60 Å². The Morgan fingerprint density at radius 1 is 1.00 bits per heavy atom. The van der Waals surface area contributed by atoms with Gasteiger partial charge in [-0.25, -0.2) is 4.79 Å². The van der Waals surface area contributed by atoms with Crippen molar-refractivity contribution in [3.05, 3.63) is 71.8 Å². The number of nitrogens with one attached hydrogen (secondary N) is 1. The second kappa shape index (κ2) is 29.7. The Hall–Kier alpha value is -2.37. The predicted octanol–water partition coefficient (Wildman–Crippen LogP) is 7.74. The fourth-order valence-electron chi connectivity index (χ4n) is 1.99. The van der Waals surface area contributed by atoms with Crippen molar-refractivity contribution in [3.8, 4) is 0 Å². The van der Waals surface area contributed by atoms with Crippen LogP contribution in [0.15, 0.2) is 66.3 Å². The number of rotatable bonds is 4. The molecule has 0 heterocycles. The van der Waals surface area contributed by atoms with Gasteiger partial charge in [0.2, 0.25) is 0 Å². The van der Waals surface area contributed by atoms with Crippen LogP contribution in [-0.2, 0) is 4.74 Å². The highest BCUT2D eigenvalue weighted by molar-refractivity contribution is 5.67. The number of hydrogen-bond donors (Lipinski definition) is 3. The molecule has 1 aliphatic carbocycles. The second-order valence-electron chi connectivity index (χ2n) is 7.79. The van der Waals surface area contributed by atoms with Crippen LogP contribution in [0.3, 0.4) is 0 Å². The normalized spacial score (nSPS) is 11.7. The van der Waals surface area contributed by atoms with Crippen molar-refractivity contribution >= 4 is 6.09 Å². The van der Waals surface area contributed by atoms with Gasteiger partial charge in [0, 0.05) is 13.1 Å². The van der Waals surface area contributed by atoms with Crippen molar-refractivity contribution in [2.75, 3.05) is 13.1 Å². The van der Waals surface area contributed by atoms with Crippen LogP contribution in [0.4, 0.5) is 4.79 Å². The molecular weight excluding hydrogens is 436 g/mol. The summed E-state index contributed by atoms with van der Waals surface area (Å²) in [5.74, 6) is 0. The number of aliphatic hydroxyl groups excluding tert-OH is 1. The zero-order valence-electron chi connectivity index (χ0n) is 24.5. The number of ether oxygens (including phenoxy) is 1. The minimum atomic E-state index is -0.565. The molecule has 0 aliphatic heterocycles. The maximum atomic E-state index is 11.1. The Bertz CT molecular complexity index is 645. The number of carbonyl (C=O) groups excluding carboxylic acids is 1. The van der Waals surface area contributed by atoms with Crippen LogP contribution in [0.25, 0.3) is 0 Å². The summed E-state index contributed by atoms with van der Waals surface area (Å²) in [7, 11) is 0. The quantitative estimate of drug-likeness (QED) is 0.401. The number of alkyl carbamates (subject to hydrolysis) is 1. The molecule has 5 nitrogen and oxygen atoms in total. The molecule has 1 atom stereocenters. The van der Waals surface area contributed by atoms with E-state index in [-0.39, 0.29) is 6.54 Å². The summed E-state index contributed by atoms with van der Waals surface area (Å²) in [6.45, 7) is 22.2. The van der Waals surface area contributed by atoms with Crippen molar-refractivity contribution in [1.29, 1.82) is 0 Å². The minimum Gasteiger partial charge on any atom is -0.444 e. The first-order valence-electron chi connectivity index (χ1n) is 13.0. The third-order valence-electron chi connectivity index (χ3n) is 3.54. The van der Waals surface area contributed by atoms with E-state index in [1.807, 2.05) is 59.7 Å². The molecule has 1 aromatic rings. The summed E-state index contributed by atoms with van der Waals surface area (Å²) >= 11 is 0. The Balaban J connectivity index is -0.000000195. The molecule has 0 saturated carbocycles. The maximum absolute atomic E-state index is 11.1.